The molecule has 2 aromatic rings. The fourth-order valence-corrected chi connectivity index (χ4v) is 5.76. The van der Waals surface area contributed by atoms with E-state index in [4.69, 9.17) is 4.74 Å². The molecule has 4 rings (SSSR count). The Hall–Kier alpha value is -1.96. The zero-order chi connectivity index (χ0) is 19.0. The highest BCUT2D eigenvalue weighted by Gasteiger charge is 2.44. The lowest BCUT2D eigenvalue weighted by Gasteiger charge is -2.21. The number of nitrogens with zero attached hydrogens (tertiary/aromatic N) is 2. The molecule has 2 fully saturated rings. The molecule has 2 aliphatic rings. The summed E-state index contributed by atoms with van der Waals surface area (Å²) in [5.41, 5.74) is 0.905. The molecule has 2 aliphatic heterocycles. The number of sulfonamides is 1. The third kappa shape index (κ3) is 3.59. The van der Waals surface area contributed by atoms with E-state index in [0.29, 0.717) is 36.4 Å². The number of benzene rings is 2. The van der Waals surface area contributed by atoms with Crippen LogP contribution in [0.1, 0.15) is 5.56 Å². The monoisotopic (exact) mass is 390 g/mol. The molecule has 7 heteroatoms. The summed E-state index contributed by atoms with van der Waals surface area (Å²) in [6.45, 7) is 3.43. The zero-order valence-corrected chi connectivity index (χ0v) is 16.0. The zero-order valence-electron chi connectivity index (χ0n) is 15.2. The second-order valence-electron chi connectivity index (χ2n) is 7.32. The van der Waals surface area contributed by atoms with Crippen LogP contribution in [0.15, 0.2) is 53.4 Å². The minimum Gasteiger partial charge on any atom is -0.494 e. The number of ether oxygens (including phenoxy) is 1. The van der Waals surface area contributed by atoms with Crippen molar-refractivity contribution in [1.29, 1.82) is 0 Å². The first kappa shape index (κ1) is 18.4. The Labute approximate surface area is 159 Å². The first-order chi connectivity index (χ1) is 13.0. The van der Waals surface area contributed by atoms with Gasteiger partial charge in [0, 0.05) is 32.7 Å². The van der Waals surface area contributed by atoms with E-state index in [9.17, 15) is 12.8 Å². The minimum absolute atomic E-state index is 0.249. The summed E-state index contributed by atoms with van der Waals surface area (Å²) in [6, 6.07) is 13.6. The summed E-state index contributed by atoms with van der Waals surface area (Å²) in [6.07, 6.45) is 0. The SMILES string of the molecule is COc1ccc(CN2C[C@H]3CN(S(=O)(=O)c4ccccc4)C[C@@H]3C2)cc1F. The Morgan fingerprint density at radius 3 is 2.30 bits per heavy atom. The van der Waals surface area contributed by atoms with Gasteiger partial charge in [0.15, 0.2) is 11.6 Å². The van der Waals surface area contributed by atoms with E-state index in [1.165, 1.54) is 13.2 Å². The van der Waals surface area contributed by atoms with Gasteiger partial charge >= 0.3 is 0 Å². The molecule has 0 aromatic heterocycles. The average molecular weight is 390 g/mol. The van der Waals surface area contributed by atoms with E-state index in [0.717, 1.165) is 18.7 Å². The molecule has 0 amide bonds. The lowest BCUT2D eigenvalue weighted by Crippen LogP contribution is -2.33. The van der Waals surface area contributed by atoms with Gasteiger partial charge in [0.2, 0.25) is 10.0 Å². The molecular weight excluding hydrogens is 367 g/mol. The second kappa shape index (κ2) is 7.22. The normalized spacial score (nSPS) is 23.5. The van der Waals surface area contributed by atoms with Gasteiger partial charge in [-0.1, -0.05) is 24.3 Å². The molecular formula is C20H23FN2O3S. The molecule has 0 aliphatic carbocycles. The highest BCUT2D eigenvalue weighted by Crippen LogP contribution is 2.35. The third-order valence-corrected chi connectivity index (χ3v) is 7.38. The third-order valence-electron chi connectivity index (χ3n) is 5.53. The molecule has 0 saturated carbocycles. The van der Waals surface area contributed by atoms with Crippen LogP contribution in [0.25, 0.3) is 0 Å². The van der Waals surface area contributed by atoms with Crippen LogP contribution in [-0.2, 0) is 16.6 Å². The van der Waals surface area contributed by atoms with Crippen LogP contribution in [0.5, 0.6) is 5.75 Å². The van der Waals surface area contributed by atoms with Crippen LogP contribution < -0.4 is 4.74 Å². The lowest BCUT2D eigenvalue weighted by molar-refractivity contribution is 0.289. The van der Waals surface area contributed by atoms with Crippen molar-refractivity contribution in [2.75, 3.05) is 33.3 Å². The van der Waals surface area contributed by atoms with Crippen molar-refractivity contribution in [1.82, 2.24) is 9.21 Å². The van der Waals surface area contributed by atoms with Gasteiger partial charge in [-0.15, -0.1) is 0 Å². The molecule has 2 atom stereocenters. The van der Waals surface area contributed by atoms with Crippen molar-refractivity contribution in [3.8, 4) is 5.75 Å². The topological polar surface area (TPSA) is 49.9 Å². The van der Waals surface area contributed by atoms with Gasteiger partial charge in [0.1, 0.15) is 0 Å². The van der Waals surface area contributed by atoms with Gasteiger partial charge in [-0.3, -0.25) is 4.90 Å². The summed E-state index contributed by atoms with van der Waals surface area (Å²) in [5, 5.41) is 0. The van der Waals surface area contributed by atoms with Gasteiger partial charge in [-0.2, -0.15) is 4.31 Å². The summed E-state index contributed by atoms with van der Waals surface area (Å²) in [4.78, 5) is 2.64. The maximum Gasteiger partial charge on any atom is 0.243 e. The summed E-state index contributed by atoms with van der Waals surface area (Å²) < 4.78 is 46.0. The molecule has 144 valence electrons. The van der Waals surface area contributed by atoms with Gasteiger partial charge in [-0.25, -0.2) is 12.8 Å². The first-order valence-electron chi connectivity index (χ1n) is 9.07. The van der Waals surface area contributed by atoms with Crippen molar-refractivity contribution in [2.24, 2.45) is 11.8 Å². The van der Waals surface area contributed by atoms with Crippen molar-refractivity contribution in [2.45, 2.75) is 11.4 Å². The van der Waals surface area contributed by atoms with Crippen LogP contribution in [-0.4, -0.2) is 50.9 Å². The fourth-order valence-electron chi connectivity index (χ4n) is 4.18. The number of likely N-dealkylation sites (tertiary alicyclic amines) is 1. The van der Waals surface area contributed by atoms with E-state index in [1.54, 1.807) is 34.6 Å². The van der Waals surface area contributed by atoms with E-state index in [1.807, 2.05) is 12.1 Å². The molecule has 0 spiro atoms. The number of methoxy groups -OCH3 is 1. The van der Waals surface area contributed by atoms with E-state index in [-0.39, 0.29) is 11.6 Å². The number of hydrogen-bond donors (Lipinski definition) is 0. The number of fused-ring (bicyclic) bond motifs is 1. The molecule has 0 bridgehead atoms. The summed E-state index contributed by atoms with van der Waals surface area (Å²) >= 11 is 0. The Morgan fingerprint density at radius 2 is 1.70 bits per heavy atom. The maximum absolute atomic E-state index is 13.9. The minimum atomic E-state index is -3.42. The number of hydrogen-bond acceptors (Lipinski definition) is 4. The van der Waals surface area contributed by atoms with Crippen LogP contribution in [0.3, 0.4) is 0 Å². The van der Waals surface area contributed by atoms with Crippen molar-refractivity contribution in [3.63, 3.8) is 0 Å². The lowest BCUT2D eigenvalue weighted by atomic mass is 10.0. The highest BCUT2D eigenvalue weighted by atomic mass is 32.2. The Kier molecular flexibility index (Phi) is 4.92. The second-order valence-corrected chi connectivity index (χ2v) is 9.26. The molecule has 2 saturated heterocycles. The van der Waals surface area contributed by atoms with Crippen LogP contribution in [0.2, 0.25) is 0 Å². The smallest absolute Gasteiger partial charge is 0.243 e. The molecule has 0 N–H and O–H groups in total. The van der Waals surface area contributed by atoms with Crippen LogP contribution in [0, 0.1) is 17.7 Å². The molecule has 5 nitrogen and oxygen atoms in total. The van der Waals surface area contributed by atoms with Gasteiger partial charge in [-0.05, 0) is 41.7 Å². The first-order valence-corrected chi connectivity index (χ1v) is 10.5. The Bertz CT molecular complexity index is 906. The van der Waals surface area contributed by atoms with E-state index in [2.05, 4.69) is 4.90 Å². The van der Waals surface area contributed by atoms with Crippen LogP contribution >= 0.6 is 0 Å². The largest absolute Gasteiger partial charge is 0.494 e. The molecule has 2 heterocycles. The van der Waals surface area contributed by atoms with E-state index < -0.39 is 10.0 Å². The standard InChI is InChI=1S/C20H23FN2O3S/c1-26-20-8-7-15(9-19(20)21)10-22-11-16-13-23(14-17(16)12-22)27(24,25)18-5-3-2-4-6-18/h2-9,16-17H,10-14H2,1H3/t16-,17-/m0/s1. The number of halogens is 1. The van der Waals surface area contributed by atoms with Gasteiger partial charge < -0.3 is 4.74 Å². The predicted molar refractivity (Wildman–Crippen MR) is 100 cm³/mol. The maximum atomic E-state index is 13.9. The molecule has 2 aromatic carbocycles. The number of rotatable bonds is 5. The fraction of sp³-hybridized carbons (Fsp3) is 0.400. The molecule has 27 heavy (non-hydrogen) atoms. The Balaban J connectivity index is 1.39. The predicted octanol–water partition coefficient (Wildman–Crippen LogP) is 2.59. The van der Waals surface area contributed by atoms with Crippen molar-refractivity contribution >= 4 is 10.0 Å². The van der Waals surface area contributed by atoms with Gasteiger partial charge in [0.25, 0.3) is 0 Å². The molecule has 0 radical (unpaired) electrons. The average Bonchev–Trinajstić information content (AvgIpc) is 3.22. The van der Waals surface area contributed by atoms with Gasteiger partial charge in [0.05, 0.1) is 12.0 Å². The highest BCUT2D eigenvalue weighted by molar-refractivity contribution is 7.89. The van der Waals surface area contributed by atoms with Crippen molar-refractivity contribution < 1.29 is 17.5 Å². The van der Waals surface area contributed by atoms with Crippen molar-refractivity contribution in [3.05, 3.63) is 59.9 Å². The quantitative estimate of drug-likeness (QED) is 0.788. The summed E-state index contributed by atoms with van der Waals surface area (Å²) in [5.74, 6) is 0.548. The Morgan fingerprint density at radius 1 is 1.04 bits per heavy atom. The van der Waals surface area contributed by atoms with E-state index >= 15 is 0 Å². The molecule has 0 unspecified atom stereocenters. The summed E-state index contributed by atoms with van der Waals surface area (Å²) in [7, 11) is -1.97. The van der Waals surface area contributed by atoms with Crippen LogP contribution in [0.4, 0.5) is 4.39 Å².